The van der Waals surface area contributed by atoms with Gasteiger partial charge < -0.3 is 10.2 Å². The van der Waals surface area contributed by atoms with Crippen molar-refractivity contribution in [3.8, 4) is 0 Å². The lowest BCUT2D eigenvalue weighted by atomic mass is 9.88. The van der Waals surface area contributed by atoms with Gasteiger partial charge in [-0.25, -0.2) is 9.97 Å². The van der Waals surface area contributed by atoms with E-state index >= 15 is 0 Å². The molecule has 3 unspecified atom stereocenters. The Labute approximate surface area is 109 Å². The van der Waals surface area contributed by atoms with Crippen molar-refractivity contribution in [2.24, 2.45) is 5.92 Å². The van der Waals surface area contributed by atoms with Crippen molar-refractivity contribution < 1.29 is 0 Å². The van der Waals surface area contributed by atoms with E-state index in [0.29, 0.717) is 12.1 Å². The van der Waals surface area contributed by atoms with Gasteiger partial charge in [0.15, 0.2) is 0 Å². The maximum atomic E-state index is 4.63. The Balaban J connectivity index is 1.91. The van der Waals surface area contributed by atoms with Crippen LogP contribution in [0.5, 0.6) is 0 Å². The fraction of sp³-hybridized carbons (Fsp3) is 0.714. The first-order valence-corrected chi connectivity index (χ1v) is 6.97. The summed E-state index contributed by atoms with van der Waals surface area (Å²) in [4.78, 5) is 11.7. The quantitative estimate of drug-likeness (QED) is 0.818. The molecule has 18 heavy (non-hydrogen) atoms. The standard InChI is InChI=1S/C14H22N4/c1-9-7-10(2)17-14(16-9)18-6-4-5-12-11(3)15-8-13(12)18/h7,11-13,15H,4-6,8H2,1-3H3. The third kappa shape index (κ3) is 1.99. The van der Waals surface area contributed by atoms with Crippen LogP contribution >= 0.6 is 0 Å². The molecule has 2 aliphatic heterocycles. The number of fused-ring (bicyclic) bond motifs is 1. The zero-order valence-electron chi connectivity index (χ0n) is 11.5. The van der Waals surface area contributed by atoms with Gasteiger partial charge in [-0.3, -0.25) is 0 Å². The highest BCUT2D eigenvalue weighted by atomic mass is 15.3. The second-order valence-electron chi connectivity index (χ2n) is 5.71. The summed E-state index contributed by atoms with van der Waals surface area (Å²) >= 11 is 0. The molecule has 4 heteroatoms. The van der Waals surface area contributed by atoms with Crippen LogP contribution in [0.2, 0.25) is 0 Å². The molecule has 98 valence electrons. The van der Waals surface area contributed by atoms with Crippen molar-refractivity contribution in [1.82, 2.24) is 15.3 Å². The minimum Gasteiger partial charge on any atom is -0.336 e. The number of aryl methyl sites for hydroxylation is 2. The molecule has 0 aliphatic carbocycles. The molecule has 0 radical (unpaired) electrons. The molecule has 0 aromatic carbocycles. The number of nitrogens with one attached hydrogen (secondary N) is 1. The Bertz CT molecular complexity index is 425. The lowest BCUT2D eigenvalue weighted by Crippen LogP contribution is -2.46. The van der Waals surface area contributed by atoms with Gasteiger partial charge in [0.25, 0.3) is 0 Å². The van der Waals surface area contributed by atoms with E-state index in [-0.39, 0.29) is 0 Å². The zero-order chi connectivity index (χ0) is 12.7. The van der Waals surface area contributed by atoms with E-state index in [1.165, 1.54) is 12.8 Å². The van der Waals surface area contributed by atoms with Crippen LogP contribution in [0.25, 0.3) is 0 Å². The normalized spacial score (nSPS) is 31.5. The highest BCUT2D eigenvalue weighted by Crippen LogP contribution is 2.32. The monoisotopic (exact) mass is 246 g/mol. The molecule has 2 saturated heterocycles. The number of rotatable bonds is 1. The van der Waals surface area contributed by atoms with Crippen LogP contribution < -0.4 is 10.2 Å². The second kappa shape index (κ2) is 4.50. The summed E-state index contributed by atoms with van der Waals surface area (Å²) in [6.45, 7) is 8.57. The summed E-state index contributed by atoms with van der Waals surface area (Å²) in [7, 11) is 0. The van der Waals surface area contributed by atoms with Crippen LogP contribution in [0.3, 0.4) is 0 Å². The molecule has 3 atom stereocenters. The van der Waals surface area contributed by atoms with Crippen LogP contribution in [0.1, 0.15) is 31.2 Å². The number of anilines is 1. The highest BCUT2D eigenvalue weighted by Gasteiger charge is 2.40. The van der Waals surface area contributed by atoms with Gasteiger partial charge in [0, 0.05) is 36.6 Å². The Hall–Kier alpha value is -1.16. The summed E-state index contributed by atoms with van der Waals surface area (Å²) < 4.78 is 0. The van der Waals surface area contributed by atoms with E-state index in [9.17, 15) is 0 Å². The minimum atomic E-state index is 0.579. The van der Waals surface area contributed by atoms with E-state index in [1.807, 2.05) is 6.07 Å². The largest absolute Gasteiger partial charge is 0.336 e. The van der Waals surface area contributed by atoms with Gasteiger partial charge in [0.05, 0.1) is 0 Å². The lowest BCUT2D eigenvalue weighted by Gasteiger charge is -2.38. The minimum absolute atomic E-state index is 0.579. The molecule has 0 spiro atoms. The smallest absolute Gasteiger partial charge is 0.226 e. The maximum Gasteiger partial charge on any atom is 0.226 e. The molecule has 0 bridgehead atoms. The fourth-order valence-electron chi connectivity index (χ4n) is 3.47. The molecule has 3 heterocycles. The van der Waals surface area contributed by atoms with E-state index in [4.69, 9.17) is 0 Å². The summed E-state index contributed by atoms with van der Waals surface area (Å²) in [5.74, 6) is 1.68. The zero-order valence-corrected chi connectivity index (χ0v) is 11.5. The Morgan fingerprint density at radius 1 is 1.28 bits per heavy atom. The van der Waals surface area contributed by atoms with Crippen LogP contribution in [0, 0.1) is 19.8 Å². The number of nitrogens with zero attached hydrogens (tertiary/aromatic N) is 3. The van der Waals surface area contributed by atoms with E-state index in [1.54, 1.807) is 0 Å². The fourth-order valence-corrected chi connectivity index (χ4v) is 3.47. The van der Waals surface area contributed by atoms with Gasteiger partial charge in [0.2, 0.25) is 5.95 Å². The van der Waals surface area contributed by atoms with Gasteiger partial charge in [-0.2, -0.15) is 0 Å². The van der Waals surface area contributed by atoms with E-state index in [2.05, 4.69) is 41.0 Å². The van der Waals surface area contributed by atoms with Crippen LogP contribution in [0.4, 0.5) is 5.95 Å². The molecule has 1 N–H and O–H groups in total. The lowest BCUT2D eigenvalue weighted by molar-refractivity contribution is 0.341. The average molecular weight is 246 g/mol. The first kappa shape index (κ1) is 11.9. The van der Waals surface area contributed by atoms with Gasteiger partial charge in [-0.15, -0.1) is 0 Å². The highest BCUT2D eigenvalue weighted by molar-refractivity contribution is 5.36. The van der Waals surface area contributed by atoms with Gasteiger partial charge in [0.1, 0.15) is 0 Å². The summed E-state index contributed by atoms with van der Waals surface area (Å²) in [6, 6.07) is 3.25. The summed E-state index contributed by atoms with van der Waals surface area (Å²) in [6.07, 6.45) is 2.59. The number of piperidine rings is 1. The third-order valence-electron chi connectivity index (χ3n) is 4.35. The van der Waals surface area contributed by atoms with Crippen LogP contribution in [-0.2, 0) is 0 Å². The van der Waals surface area contributed by atoms with Crippen molar-refractivity contribution in [1.29, 1.82) is 0 Å². The summed E-state index contributed by atoms with van der Waals surface area (Å²) in [5.41, 5.74) is 2.14. The molecule has 1 aromatic rings. The molecule has 1 aromatic heterocycles. The van der Waals surface area contributed by atoms with E-state index < -0.39 is 0 Å². The molecule has 0 saturated carbocycles. The van der Waals surface area contributed by atoms with Gasteiger partial charge in [-0.1, -0.05) is 0 Å². The van der Waals surface area contributed by atoms with Crippen molar-refractivity contribution >= 4 is 5.95 Å². The molecule has 0 amide bonds. The molecule has 2 fully saturated rings. The van der Waals surface area contributed by atoms with Gasteiger partial charge >= 0.3 is 0 Å². The number of hydrogen-bond acceptors (Lipinski definition) is 4. The topological polar surface area (TPSA) is 41.1 Å². The van der Waals surface area contributed by atoms with Crippen molar-refractivity contribution in [3.05, 3.63) is 17.5 Å². The molecule has 4 nitrogen and oxygen atoms in total. The van der Waals surface area contributed by atoms with Crippen molar-refractivity contribution in [2.45, 2.75) is 45.7 Å². The SMILES string of the molecule is Cc1cc(C)nc(N2CCCC3C(C)NCC32)n1. The third-order valence-corrected chi connectivity index (χ3v) is 4.35. The molecular formula is C14H22N4. The number of aromatic nitrogens is 2. The van der Waals surface area contributed by atoms with E-state index in [0.717, 1.165) is 36.3 Å². The maximum absolute atomic E-state index is 4.63. The van der Waals surface area contributed by atoms with Crippen LogP contribution in [0.15, 0.2) is 6.07 Å². The first-order valence-electron chi connectivity index (χ1n) is 6.97. The number of hydrogen-bond donors (Lipinski definition) is 1. The predicted molar refractivity (Wildman–Crippen MR) is 72.8 cm³/mol. The van der Waals surface area contributed by atoms with Gasteiger partial charge in [-0.05, 0) is 45.6 Å². The molecule has 3 rings (SSSR count). The predicted octanol–water partition coefficient (Wildman–Crippen LogP) is 1.67. The second-order valence-corrected chi connectivity index (χ2v) is 5.71. The van der Waals surface area contributed by atoms with Crippen molar-refractivity contribution in [3.63, 3.8) is 0 Å². The first-order chi connectivity index (χ1) is 8.65. The molecule has 2 aliphatic rings. The van der Waals surface area contributed by atoms with Crippen LogP contribution in [-0.4, -0.2) is 35.1 Å². The van der Waals surface area contributed by atoms with Crippen molar-refractivity contribution in [2.75, 3.05) is 18.0 Å². The average Bonchev–Trinajstić information content (AvgIpc) is 2.70. The summed E-state index contributed by atoms with van der Waals surface area (Å²) in [5, 5.41) is 3.59. The Morgan fingerprint density at radius 3 is 2.72 bits per heavy atom. The Kier molecular flexibility index (Phi) is 2.98. The molecular weight excluding hydrogens is 224 g/mol. The Morgan fingerprint density at radius 2 is 2.00 bits per heavy atom.